The Balaban J connectivity index is 3.66. The van der Waals surface area contributed by atoms with Crippen molar-refractivity contribution in [3.8, 4) is 0 Å². The first-order valence-corrected chi connectivity index (χ1v) is 8.74. The number of unbranched alkanes of at least 4 members (excludes halogenated alkanes) is 4. The van der Waals surface area contributed by atoms with E-state index in [4.69, 9.17) is 15.2 Å². The van der Waals surface area contributed by atoms with Gasteiger partial charge in [0.1, 0.15) is 5.60 Å². The van der Waals surface area contributed by atoms with Gasteiger partial charge in [-0.3, -0.25) is 4.79 Å². The molecule has 6 heteroatoms. The lowest BCUT2D eigenvalue weighted by Crippen LogP contribution is -2.42. The number of rotatable bonds is 10. The molecule has 0 saturated carbocycles. The van der Waals surface area contributed by atoms with Crippen molar-refractivity contribution in [2.45, 2.75) is 82.7 Å². The third-order valence-electron chi connectivity index (χ3n) is 2.96. The Morgan fingerprint density at radius 2 is 1.59 bits per heavy atom. The minimum atomic E-state index is -1.08. The van der Waals surface area contributed by atoms with Crippen molar-refractivity contribution >= 4 is 27.9 Å². The molecule has 1 atom stereocenters. The number of ether oxygens (including phenoxy) is 2. The number of carbonyl (C=O) groups is 2. The molecule has 0 aliphatic carbocycles. The zero-order valence-corrected chi connectivity index (χ0v) is 15.8. The zero-order chi connectivity index (χ0) is 17.2. The fourth-order valence-corrected chi connectivity index (χ4v) is 2.32. The third-order valence-corrected chi connectivity index (χ3v) is 3.68. The maximum atomic E-state index is 11.6. The Morgan fingerprint density at radius 1 is 1.05 bits per heavy atom. The number of halogens is 1. The summed E-state index contributed by atoms with van der Waals surface area (Å²) in [5, 5.41) is 0. The largest absolute Gasteiger partial charge is 0.464 e. The van der Waals surface area contributed by atoms with Crippen molar-refractivity contribution in [1.82, 2.24) is 0 Å². The van der Waals surface area contributed by atoms with Crippen LogP contribution in [0.5, 0.6) is 0 Å². The SMILES string of the molecule is CCOC(=O)C(N)(Br)CCCCCCCC(=O)OC(C)(C)C. The van der Waals surface area contributed by atoms with E-state index in [9.17, 15) is 9.59 Å². The van der Waals surface area contributed by atoms with Crippen molar-refractivity contribution in [2.24, 2.45) is 5.73 Å². The molecule has 5 nitrogen and oxygen atoms in total. The molecule has 1 unspecified atom stereocenters. The van der Waals surface area contributed by atoms with E-state index in [0.29, 0.717) is 19.4 Å². The van der Waals surface area contributed by atoms with Gasteiger partial charge < -0.3 is 15.2 Å². The van der Waals surface area contributed by atoms with E-state index in [1.165, 1.54) is 0 Å². The van der Waals surface area contributed by atoms with Gasteiger partial charge in [-0.2, -0.15) is 0 Å². The fraction of sp³-hybridized carbons (Fsp3) is 0.875. The van der Waals surface area contributed by atoms with Crippen LogP contribution in [0.2, 0.25) is 0 Å². The normalized spacial score (nSPS) is 14.3. The summed E-state index contributed by atoms with van der Waals surface area (Å²) < 4.78 is 9.07. The van der Waals surface area contributed by atoms with Gasteiger partial charge in [-0.15, -0.1) is 0 Å². The van der Waals surface area contributed by atoms with Gasteiger partial charge in [0.25, 0.3) is 0 Å². The molecule has 0 radical (unpaired) electrons. The van der Waals surface area contributed by atoms with Gasteiger partial charge in [0.2, 0.25) is 0 Å². The van der Waals surface area contributed by atoms with Gasteiger partial charge in [0.05, 0.1) is 6.61 Å². The van der Waals surface area contributed by atoms with Crippen LogP contribution in [0, 0.1) is 0 Å². The van der Waals surface area contributed by atoms with E-state index in [1.54, 1.807) is 6.92 Å². The molecule has 22 heavy (non-hydrogen) atoms. The van der Waals surface area contributed by atoms with Gasteiger partial charge in [0, 0.05) is 6.42 Å². The average molecular weight is 380 g/mol. The van der Waals surface area contributed by atoms with E-state index in [0.717, 1.165) is 32.1 Å². The predicted molar refractivity (Wildman–Crippen MR) is 90.6 cm³/mol. The monoisotopic (exact) mass is 379 g/mol. The van der Waals surface area contributed by atoms with Crippen LogP contribution in [0.15, 0.2) is 0 Å². The highest BCUT2D eigenvalue weighted by Gasteiger charge is 2.31. The molecule has 0 aromatic carbocycles. The number of alkyl halides is 1. The smallest absolute Gasteiger partial charge is 0.337 e. The van der Waals surface area contributed by atoms with E-state index in [1.807, 2.05) is 20.8 Å². The minimum absolute atomic E-state index is 0.142. The van der Waals surface area contributed by atoms with Crippen LogP contribution >= 0.6 is 15.9 Å². The Morgan fingerprint density at radius 3 is 2.14 bits per heavy atom. The lowest BCUT2D eigenvalue weighted by atomic mass is 10.1. The summed E-state index contributed by atoms with van der Waals surface area (Å²) in [6, 6.07) is 0. The van der Waals surface area contributed by atoms with Gasteiger partial charge >= 0.3 is 11.9 Å². The third kappa shape index (κ3) is 11.0. The second-order valence-corrected chi connectivity index (χ2v) is 7.85. The molecule has 2 N–H and O–H groups in total. The highest BCUT2D eigenvalue weighted by molar-refractivity contribution is 9.10. The number of esters is 2. The summed E-state index contributed by atoms with van der Waals surface area (Å²) in [4.78, 5) is 23.1. The lowest BCUT2D eigenvalue weighted by molar-refractivity contribution is -0.155. The minimum Gasteiger partial charge on any atom is -0.464 e. The summed E-state index contributed by atoms with van der Waals surface area (Å²) in [5.41, 5.74) is 5.45. The summed E-state index contributed by atoms with van der Waals surface area (Å²) in [6.45, 7) is 7.69. The Kier molecular flexibility index (Phi) is 9.92. The molecule has 0 bridgehead atoms. The molecule has 0 rings (SSSR count). The molecule has 0 amide bonds. The molecule has 130 valence electrons. The molecule has 0 aliphatic rings. The summed E-state index contributed by atoms with van der Waals surface area (Å²) in [7, 11) is 0. The van der Waals surface area contributed by atoms with Crippen molar-refractivity contribution < 1.29 is 19.1 Å². The van der Waals surface area contributed by atoms with Gasteiger partial charge in [0.15, 0.2) is 4.45 Å². The molecule has 0 fully saturated rings. The van der Waals surface area contributed by atoms with Gasteiger partial charge in [-0.05, 0) is 40.5 Å². The number of nitrogens with two attached hydrogens (primary N) is 1. The highest BCUT2D eigenvalue weighted by atomic mass is 79.9. The lowest BCUT2D eigenvalue weighted by Gasteiger charge is -2.20. The number of hydrogen-bond acceptors (Lipinski definition) is 5. The Hall–Kier alpha value is -0.620. The molecule has 0 heterocycles. The maximum Gasteiger partial charge on any atom is 0.337 e. The first kappa shape index (κ1) is 21.4. The second kappa shape index (κ2) is 10.2. The summed E-state index contributed by atoms with van der Waals surface area (Å²) in [6.07, 6.45) is 5.62. The molecule has 0 aliphatic heterocycles. The number of hydrogen-bond donors (Lipinski definition) is 1. The Labute approximate surface area is 142 Å². The van der Waals surface area contributed by atoms with Crippen LogP contribution in [-0.4, -0.2) is 28.6 Å². The van der Waals surface area contributed by atoms with E-state index in [2.05, 4.69) is 15.9 Å². The standard InChI is InChI=1S/C16H30BrNO4/c1-5-21-14(20)16(17,18)12-10-8-6-7-9-11-13(19)22-15(2,3)4/h5-12,18H2,1-4H3. The van der Waals surface area contributed by atoms with Crippen LogP contribution in [0.3, 0.4) is 0 Å². The molecular formula is C16H30BrNO4. The van der Waals surface area contributed by atoms with Crippen LogP contribution in [0.25, 0.3) is 0 Å². The second-order valence-electron chi connectivity index (χ2n) is 6.44. The number of carbonyl (C=O) groups excluding carboxylic acids is 2. The van der Waals surface area contributed by atoms with E-state index >= 15 is 0 Å². The highest BCUT2D eigenvalue weighted by Crippen LogP contribution is 2.22. The summed E-state index contributed by atoms with van der Waals surface area (Å²) >= 11 is 3.22. The van der Waals surface area contributed by atoms with Crippen LogP contribution < -0.4 is 5.73 Å². The zero-order valence-electron chi connectivity index (χ0n) is 14.2. The molecule has 0 aromatic heterocycles. The van der Waals surface area contributed by atoms with Crippen molar-refractivity contribution in [1.29, 1.82) is 0 Å². The maximum absolute atomic E-state index is 11.6. The first-order valence-electron chi connectivity index (χ1n) is 7.95. The predicted octanol–water partition coefficient (Wildman–Crippen LogP) is 3.67. The van der Waals surface area contributed by atoms with Gasteiger partial charge in [-0.1, -0.05) is 41.6 Å². The quantitative estimate of drug-likeness (QED) is 0.271. The molecular weight excluding hydrogens is 350 g/mol. The average Bonchev–Trinajstić information content (AvgIpc) is 2.35. The van der Waals surface area contributed by atoms with Crippen molar-refractivity contribution in [2.75, 3.05) is 6.61 Å². The van der Waals surface area contributed by atoms with Crippen LogP contribution in [0.1, 0.15) is 72.6 Å². The van der Waals surface area contributed by atoms with E-state index < -0.39 is 16.0 Å². The summed E-state index contributed by atoms with van der Waals surface area (Å²) in [5.74, 6) is -0.559. The Bertz CT molecular complexity index is 351. The van der Waals surface area contributed by atoms with Crippen LogP contribution in [-0.2, 0) is 19.1 Å². The molecule has 0 spiro atoms. The van der Waals surface area contributed by atoms with Crippen molar-refractivity contribution in [3.63, 3.8) is 0 Å². The van der Waals surface area contributed by atoms with Crippen molar-refractivity contribution in [3.05, 3.63) is 0 Å². The molecule has 0 aromatic rings. The first-order chi connectivity index (χ1) is 10.1. The molecule has 0 saturated heterocycles. The van der Waals surface area contributed by atoms with Gasteiger partial charge in [-0.25, -0.2) is 4.79 Å². The van der Waals surface area contributed by atoms with E-state index in [-0.39, 0.29) is 5.97 Å². The fourth-order valence-electron chi connectivity index (χ4n) is 1.93. The topological polar surface area (TPSA) is 78.6 Å². The van der Waals surface area contributed by atoms with Crippen LogP contribution in [0.4, 0.5) is 0 Å².